The summed E-state index contributed by atoms with van der Waals surface area (Å²) in [7, 11) is 5.22. The maximum atomic E-state index is 13.7. The lowest BCUT2D eigenvalue weighted by Crippen LogP contribution is -2.41. The summed E-state index contributed by atoms with van der Waals surface area (Å²) < 4.78 is 20.3. The van der Waals surface area contributed by atoms with Crippen molar-refractivity contribution in [2.75, 3.05) is 28.4 Å². The normalized spacial score (nSPS) is 23.6. The molecular weight excluding hydrogens is 704 g/mol. The van der Waals surface area contributed by atoms with Crippen LogP contribution in [0.4, 0.5) is 0 Å². The Morgan fingerprint density at radius 3 is 2.00 bits per heavy atom. The van der Waals surface area contributed by atoms with Crippen LogP contribution in [0.1, 0.15) is 60.3 Å². The quantitative estimate of drug-likeness (QED) is 0.171. The maximum absolute atomic E-state index is 13.7. The standard InChI is InChI=1S/C42H44N4O9/c1-20-24(11-14-36(48)52-6)31-18-32-25(12-15-37(49)53-7)21(2)30(44-32)19-35-42(5)27(13-10-26(40(50)54-8)39(42)41(51)55-9)33(46-35)16-29-22(3)38(23(4)47)34(45-29)17-28(20)43-31/h10,13,16-19,39,46-47H,11-12,14-15H2,1-9H3/b28-17?,32-18?,33-16?,35-19?,38-23-/t39-,42-/m1/s1. The van der Waals surface area contributed by atoms with E-state index in [0.29, 0.717) is 75.2 Å². The number of aliphatic imine (C=N–C) groups is 3. The van der Waals surface area contributed by atoms with Crippen LogP contribution < -0.4 is 5.32 Å². The molecule has 1 fully saturated rings. The first-order chi connectivity index (χ1) is 26.2. The number of nitrogens with zero attached hydrogens (tertiary/aromatic N) is 3. The second-order valence-corrected chi connectivity index (χ2v) is 14.0. The van der Waals surface area contributed by atoms with E-state index in [1.165, 1.54) is 28.4 Å². The Labute approximate surface area is 319 Å². The van der Waals surface area contributed by atoms with Gasteiger partial charge in [0.15, 0.2) is 0 Å². The molecule has 5 aliphatic heterocycles. The van der Waals surface area contributed by atoms with E-state index < -0.39 is 23.3 Å². The van der Waals surface area contributed by atoms with Crippen molar-refractivity contribution in [3.63, 3.8) is 0 Å². The largest absolute Gasteiger partial charge is 0.512 e. The first-order valence-electron chi connectivity index (χ1n) is 17.8. The van der Waals surface area contributed by atoms with E-state index in [0.717, 1.165) is 22.3 Å². The predicted octanol–water partition coefficient (Wildman–Crippen LogP) is 5.98. The van der Waals surface area contributed by atoms with Gasteiger partial charge in [-0.05, 0) is 105 Å². The van der Waals surface area contributed by atoms with Crippen molar-refractivity contribution in [1.82, 2.24) is 5.32 Å². The fraction of sp³-hybridized carbons (Fsp3) is 0.357. The van der Waals surface area contributed by atoms with Gasteiger partial charge < -0.3 is 29.4 Å². The SMILES string of the molecule is COC(=O)CCC1=C(C)C2=NC1=CC1=NC(=CC3=NC(=C(C)/C3=C(\C)O)C=C3NC(=C2)[C@@]2(C)C3=CC=C(C(=O)OC)[C@@H]2C(=O)OC)C(C)=C1CCC(=O)OC. The van der Waals surface area contributed by atoms with Gasteiger partial charge in [-0.3, -0.25) is 14.4 Å². The molecule has 6 aliphatic rings. The third-order valence-electron chi connectivity index (χ3n) is 11.0. The van der Waals surface area contributed by atoms with Gasteiger partial charge in [-0.25, -0.2) is 19.8 Å². The first kappa shape index (κ1) is 38.6. The van der Waals surface area contributed by atoms with E-state index in [9.17, 15) is 24.3 Å². The van der Waals surface area contributed by atoms with Crippen molar-refractivity contribution >= 4 is 41.0 Å². The van der Waals surface area contributed by atoms with Crippen LogP contribution in [0, 0.1) is 11.3 Å². The molecule has 0 aromatic carbocycles. The highest BCUT2D eigenvalue weighted by atomic mass is 16.5. The third-order valence-corrected chi connectivity index (χ3v) is 11.0. The first-order valence-corrected chi connectivity index (χ1v) is 17.8. The molecule has 6 rings (SSSR count). The molecular formula is C42H44N4O9. The molecule has 1 saturated heterocycles. The number of carbonyl (C=O) groups excluding carboxylic acids is 4. The van der Waals surface area contributed by atoms with E-state index in [2.05, 4.69) is 5.32 Å². The third kappa shape index (κ3) is 6.68. The number of aliphatic hydroxyl groups is 1. The summed E-state index contributed by atoms with van der Waals surface area (Å²) in [5.41, 5.74) is 8.62. The van der Waals surface area contributed by atoms with Crippen LogP contribution in [0.3, 0.4) is 0 Å². The molecule has 0 saturated carbocycles. The highest BCUT2D eigenvalue weighted by molar-refractivity contribution is 6.19. The van der Waals surface area contributed by atoms with E-state index >= 15 is 0 Å². The van der Waals surface area contributed by atoms with E-state index in [1.54, 1.807) is 19.1 Å². The monoisotopic (exact) mass is 748 g/mol. The smallest absolute Gasteiger partial charge is 0.334 e. The number of aliphatic hydroxyl groups excluding tert-OH is 1. The Bertz CT molecular complexity index is 2260. The van der Waals surface area contributed by atoms with E-state index in [1.807, 2.05) is 52.0 Å². The van der Waals surface area contributed by atoms with Gasteiger partial charge in [0.25, 0.3) is 0 Å². The average molecular weight is 749 g/mol. The van der Waals surface area contributed by atoms with Gasteiger partial charge in [-0.2, -0.15) is 0 Å². The molecule has 5 heterocycles. The predicted molar refractivity (Wildman–Crippen MR) is 205 cm³/mol. The lowest BCUT2D eigenvalue weighted by atomic mass is 9.64. The minimum Gasteiger partial charge on any atom is -0.512 e. The Morgan fingerprint density at radius 1 is 0.745 bits per heavy atom. The van der Waals surface area contributed by atoms with Gasteiger partial charge in [0.05, 0.1) is 79.4 Å². The number of nitrogens with one attached hydrogen (secondary N) is 1. The molecule has 1 aliphatic carbocycles. The minimum atomic E-state index is -1.18. The number of methoxy groups -OCH3 is 4. The number of hydrogen-bond acceptors (Lipinski definition) is 13. The summed E-state index contributed by atoms with van der Waals surface area (Å²) in [5.74, 6) is -3.09. The van der Waals surface area contributed by atoms with Crippen molar-refractivity contribution in [2.24, 2.45) is 26.3 Å². The highest BCUT2D eigenvalue weighted by Gasteiger charge is 2.55. The number of ether oxygens (including phenoxy) is 4. The summed E-state index contributed by atoms with van der Waals surface area (Å²) >= 11 is 0. The zero-order chi connectivity index (χ0) is 39.9. The van der Waals surface area contributed by atoms with Gasteiger partial charge >= 0.3 is 23.9 Å². The summed E-state index contributed by atoms with van der Waals surface area (Å²) in [6.07, 6.45) is 11.6. The van der Waals surface area contributed by atoms with Crippen molar-refractivity contribution in [1.29, 1.82) is 0 Å². The fourth-order valence-corrected chi connectivity index (χ4v) is 7.89. The number of allylic oxidation sites excluding steroid dienone is 15. The van der Waals surface area contributed by atoms with Crippen molar-refractivity contribution in [2.45, 2.75) is 60.3 Å². The number of rotatable bonds is 8. The van der Waals surface area contributed by atoms with Crippen molar-refractivity contribution in [3.05, 3.63) is 115 Å². The molecule has 13 nitrogen and oxygen atoms in total. The van der Waals surface area contributed by atoms with Gasteiger partial charge in [0, 0.05) is 29.8 Å². The molecule has 0 unspecified atom stereocenters. The van der Waals surface area contributed by atoms with Crippen LogP contribution in [0.15, 0.2) is 130 Å². The molecule has 2 N–H and O–H groups in total. The summed E-state index contributed by atoms with van der Waals surface area (Å²) in [6, 6.07) is 0. The lowest BCUT2D eigenvalue weighted by Gasteiger charge is -2.36. The van der Waals surface area contributed by atoms with Crippen LogP contribution in [0.5, 0.6) is 0 Å². The average Bonchev–Trinajstić information content (AvgIpc) is 3.82. The summed E-state index contributed by atoms with van der Waals surface area (Å²) in [5, 5.41) is 14.5. The summed E-state index contributed by atoms with van der Waals surface area (Å²) in [6.45, 7) is 9.16. The molecule has 0 aromatic heterocycles. The Balaban J connectivity index is 1.66. The van der Waals surface area contributed by atoms with Crippen LogP contribution in [-0.2, 0) is 38.1 Å². The fourth-order valence-electron chi connectivity index (χ4n) is 7.89. The van der Waals surface area contributed by atoms with E-state index in [4.69, 9.17) is 33.9 Å². The topological polar surface area (TPSA) is 175 Å². The van der Waals surface area contributed by atoms with Gasteiger partial charge in [-0.1, -0.05) is 12.2 Å². The van der Waals surface area contributed by atoms with Crippen LogP contribution >= 0.6 is 0 Å². The van der Waals surface area contributed by atoms with E-state index in [-0.39, 0.29) is 36.1 Å². The molecule has 13 heteroatoms. The lowest BCUT2D eigenvalue weighted by molar-refractivity contribution is -0.150. The molecule has 0 aromatic rings. The number of carbonyl (C=O) groups is 4. The van der Waals surface area contributed by atoms with Crippen LogP contribution in [0.2, 0.25) is 0 Å². The molecule has 0 radical (unpaired) electrons. The van der Waals surface area contributed by atoms with Crippen LogP contribution in [0.25, 0.3) is 0 Å². The zero-order valence-corrected chi connectivity index (χ0v) is 32.4. The molecule has 55 heavy (non-hydrogen) atoms. The Hall–Kier alpha value is -6.11. The highest BCUT2D eigenvalue weighted by Crippen LogP contribution is 2.55. The number of hydrogen-bond donors (Lipinski definition) is 2. The minimum absolute atomic E-state index is 0.0674. The van der Waals surface area contributed by atoms with Crippen molar-refractivity contribution < 1.29 is 43.2 Å². The van der Waals surface area contributed by atoms with Gasteiger partial charge in [0.1, 0.15) is 5.92 Å². The van der Waals surface area contributed by atoms with Gasteiger partial charge in [0.2, 0.25) is 0 Å². The van der Waals surface area contributed by atoms with Crippen molar-refractivity contribution in [3.8, 4) is 0 Å². The van der Waals surface area contributed by atoms with Crippen LogP contribution in [-0.4, -0.2) is 74.6 Å². The number of esters is 4. The van der Waals surface area contributed by atoms with Gasteiger partial charge in [-0.15, -0.1) is 0 Å². The summed E-state index contributed by atoms with van der Waals surface area (Å²) in [4.78, 5) is 66.7. The second kappa shape index (κ2) is 15.0. The molecule has 0 amide bonds. The molecule has 8 bridgehead atoms. The molecule has 286 valence electrons. The second-order valence-electron chi connectivity index (χ2n) is 14.0. The number of fused-ring (bicyclic) bond motifs is 8. The zero-order valence-electron chi connectivity index (χ0n) is 32.4. The maximum Gasteiger partial charge on any atom is 0.334 e. The molecule has 2 atom stereocenters. The molecule has 0 spiro atoms. The Kier molecular flexibility index (Phi) is 10.5. The Morgan fingerprint density at radius 2 is 1.38 bits per heavy atom.